The molecule has 126 valence electrons. The Morgan fingerprint density at radius 2 is 2.30 bits per heavy atom. The topological polar surface area (TPSA) is 148 Å². The highest BCUT2D eigenvalue weighted by Gasteiger charge is 2.20. The molecule has 0 spiro atoms. The molecule has 1 unspecified atom stereocenters. The number of nitrogens with two attached hydrogens (primary N) is 1. The first kappa shape index (κ1) is 16.9. The highest BCUT2D eigenvalue weighted by molar-refractivity contribution is 5.73. The lowest BCUT2D eigenvalue weighted by atomic mass is 10.1. The summed E-state index contributed by atoms with van der Waals surface area (Å²) in [6, 6.07) is -0.618. The van der Waals surface area contributed by atoms with E-state index in [1.165, 1.54) is 6.33 Å². The zero-order valence-corrected chi connectivity index (χ0v) is 12.9. The third-order valence-corrected chi connectivity index (χ3v) is 3.27. The Morgan fingerprint density at radius 1 is 1.57 bits per heavy atom. The lowest BCUT2D eigenvalue weighted by Gasteiger charge is -2.17. The number of carboxylic acids is 1. The molecule has 2 aromatic heterocycles. The van der Waals surface area contributed by atoms with Gasteiger partial charge in [0.1, 0.15) is 12.8 Å². The number of aliphatic carboxylic acids is 1. The van der Waals surface area contributed by atoms with Crippen LogP contribution in [0.2, 0.25) is 0 Å². The Hall–Kier alpha value is -2.46. The molecule has 0 bridgehead atoms. The minimum absolute atomic E-state index is 0.00662. The van der Waals surface area contributed by atoms with Crippen LogP contribution in [0.25, 0.3) is 11.2 Å². The minimum atomic E-state index is -0.889. The molecule has 1 atom stereocenters. The largest absolute Gasteiger partial charge is 0.480 e. The van der Waals surface area contributed by atoms with Crippen molar-refractivity contribution in [2.45, 2.75) is 26.6 Å². The van der Waals surface area contributed by atoms with Crippen LogP contribution in [0.15, 0.2) is 11.1 Å². The molecule has 2 rings (SSSR count). The molecule has 0 aliphatic carbocycles. The Bertz CT molecular complexity index is 738. The molecule has 0 aliphatic rings. The maximum Gasteiger partial charge on any atom is 0.320 e. The smallest absolute Gasteiger partial charge is 0.320 e. The van der Waals surface area contributed by atoms with Gasteiger partial charge in [0.25, 0.3) is 5.56 Å². The van der Waals surface area contributed by atoms with Gasteiger partial charge in [0.15, 0.2) is 11.2 Å². The third kappa shape index (κ3) is 4.05. The van der Waals surface area contributed by atoms with Crippen molar-refractivity contribution in [1.82, 2.24) is 24.8 Å². The van der Waals surface area contributed by atoms with Crippen LogP contribution in [0.1, 0.15) is 13.8 Å². The van der Waals surface area contributed by atoms with Gasteiger partial charge in [0.2, 0.25) is 5.95 Å². The van der Waals surface area contributed by atoms with Gasteiger partial charge >= 0.3 is 5.97 Å². The number of nitrogen functional groups attached to an aromatic ring is 1. The number of hydrogen-bond donors (Lipinski definition) is 4. The number of nitrogens with zero attached hydrogens (tertiary/aromatic N) is 3. The fourth-order valence-corrected chi connectivity index (χ4v) is 2.12. The van der Waals surface area contributed by atoms with Crippen LogP contribution in [0.5, 0.6) is 0 Å². The molecule has 0 aliphatic heterocycles. The molecule has 0 radical (unpaired) electrons. The van der Waals surface area contributed by atoms with Gasteiger partial charge < -0.3 is 20.9 Å². The Morgan fingerprint density at radius 3 is 2.96 bits per heavy atom. The number of nitrogens with one attached hydrogen (secondary N) is 2. The number of H-pyrrole nitrogens is 1. The first-order chi connectivity index (χ1) is 10.9. The molecule has 0 saturated carbocycles. The van der Waals surface area contributed by atoms with Gasteiger partial charge in [-0.1, -0.05) is 13.8 Å². The van der Waals surface area contributed by atoms with E-state index in [9.17, 15) is 9.59 Å². The number of ether oxygens (including phenoxy) is 1. The van der Waals surface area contributed by atoms with E-state index >= 15 is 0 Å². The first-order valence-electron chi connectivity index (χ1n) is 7.14. The number of carbonyl (C=O) groups is 1. The van der Waals surface area contributed by atoms with Crippen LogP contribution in [0, 0.1) is 5.92 Å². The van der Waals surface area contributed by atoms with E-state index in [-0.39, 0.29) is 24.1 Å². The standard InChI is InChI=1S/C13H20N6O4/c1-7(2)8(12(21)22)15-3-4-23-6-19-5-16-9-10(19)17-13(14)18-11(9)20/h5,7-8,15H,3-4,6H2,1-2H3,(H,21,22)(H3,14,17,18,20). The summed E-state index contributed by atoms with van der Waals surface area (Å²) in [6.07, 6.45) is 1.44. The van der Waals surface area contributed by atoms with Crippen molar-refractivity contribution in [1.29, 1.82) is 0 Å². The van der Waals surface area contributed by atoms with E-state index in [2.05, 4.69) is 20.3 Å². The lowest BCUT2D eigenvalue weighted by Crippen LogP contribution is -2.42. The minimum Gasteiger partial charge on any atom is -0.480 e. The monoisotopic (exact) mass is 324 g/mol. The highest BCUT2D eigenvalue weighted by atomic mass is 16.5. The van der Waals surface area contributed by atoms with Gasteiger partial charge in [0.05, 0.1) is 12.9 Å². The Labute approximate surface area is 131 Å². The summed E-state index contributed by atoms with van der Waals surface area (Å²) in [5.74, 6) is -0.907. The first-order valence-corrected chi connectivity index (χ1v) is 7.14. The van der Waals surface area contributed by atoms with Crippen molar-refractivity contribution in [3.63, 3.8) is 0 Å². The number of fused-ring (bicyclic) bond motifs is 1. The van der Waals surface area contributed by atoms with Gasteiger partial charge in [-0.25, -0.2) is 4.98 Å². The van der Waals surface area contributed by atoms with Crippen molar-refractivity contribution in [2.75, 3.05) is 18.9 Å². The molecule has 0 amide bonds. The van der Waals surface area contributed by atoms with Gasteiger partial charge in [-0.3, -0.25) is 19.1 Å². The van der Waals surface area contributed by atoms with E-state index in [4.69, 9.17) is 15.6 Å². The van der Waals surface area contributed by atoms with E-state index in [0.29, 0.717) is 18.8 Å². The number of carboxylic acid groups (broad SMARTS) is 1. The van der Waals surface area contributed by atoms with E-state index in [1.54, 1.807) is 4.57 Å². The summed E-state index contributed by atoms with van der Waals surface area (Å²) in [5, 5.41) is 12.0. The van der Waals surface area contributed by atoms with Crippen molar-refractivity contribution < 1.29 is 14.6 Å². The SMILES string of the molecule is CC(C)C(NCCOCn1cnc2c(=O)[nH]c(N)nc21)C(=O)O. The van der Waals surface area contributed by atoms with E-state index in [0.717, 1.165) is 0 Å². The second kappa shape index (κ2) is 7.20. The molecule has 10 nitrogen and oxygen atoms in total. The summed E-state index contributed by atoms with van der Waals surface area (Å²) < 4.78 is 7.00. The van der Waals surface area contributed by atoms with E-state index < -0.39 is 17.6 Å². The zero-order valence-electron chi connectivity index (χ0n) is 12.9. The summed E-state index contributed by atoms with van der Waals surface area (Å²) in [4.78, 5) is 33.0. The number of rotatable bonds is 8. The average molecular weight is 324 g/mol. The van der Waals surface area contributed by atoms with Crippen LogP contribution in [-0.2, 0) is 16.3 Å². The quantitative estimate of drug-likeness (QED) is 0.469. The second-order valence-corrected chi connectivity index (χ2v) is 5.39. The molecular formula is C13H20N6O4. The maximum absolute atomic E-state index is 11.6. The lowest BCUT2D eigenvalue weighted by molar-refractivity contribution is -0.140. The summed E-state index contributed by atoms with van der Waals surface area (Å²) in [6.45, 7) is 4.48. The molecule has 10 heteroatoms. The van der Waals surface area contributed by atoms with Crippen LogP contribution >= 0.6 is 0 Å². The predicted molar refractivity (Wildman–Crippen MR) is 82.8 cm³/mol. The van der Waals surface area contributed by atoms with Gasteiger partial charge in [-0.2, -0.15) is 4.98 Å². The fourth-order valence-electron chi connectivity index (χ4n) is 2.12. The molecule has 2 heterocycles. The van der Waals surface area contributed by atoms with E-state index in [1.807, 2.05) is 13.8 Å². The van der Waals surface area contributed by atoms with Crippen LogP contribution in [-0.4, -0.2) is 49.8 Å². The van der Waals surface area contributed by atoms with Gasteiger partial charge in [-0.15, -0.1) is 0 Å². The van der Waals surface area contributed by atoms with Crippen molar-refractivity contribution in [3.05, 3.63) is 16.7 Å². The Kier molecular flexibility index (Phi) is 5.29. The number of hydrogen-bond acceptors (Lipinski definition) is 7. The molecule has 0 aromatic carbocycles. The fraction of sp³-hybridized carbons (Fsp3) is 0.538. The summed E-state index contributed by atoms with van der Waals surface area (Å²) in [5.41, 5.74) is 5.62. The maximum atomic E-state index is 11.6. The van der Waals surface area contributed by atoms with Gasteiger partial charge in [-0.05, 0) is 5.92 Å². The molecule has 23 heavy (non-hydrogen) atoms. The Balaban J connectivity index is 1.88. The van der Waals surface area contributed by atoms with Crippen molar-refractivity contribution >= 4 is 23.1 Å². The zero-order chi connectivity index (χ0) is 17.0. The molecule has 0 saturated heterocycles. The molecule has 5 N–H and O–H groups in total. The second-order valence-electron chi connectivity index (χ2n) is 5.39. The summed E-state index contributed by atoms with van der Waals surface area (Å²) in [7, 11) is 0. The summed E-state index contributed by atoms with van der Waals surface area (Å²) >= 11 is 0. The number of aromatic nitrogens is 4. The molecule has 0 fully saturated rings. The average Bonchev–Trinajstić information content (AvgIpc) is 2.85. The van der Waals surface area contributed by atoms with Crippen molar-refractivity contribution in [2.24, 2.45) is 5.92 Å². The number of anilines is 1. The van der Waals surface area contributed by atoms with Crippen LogP contribution in [0.4, 0.5) is 5.95 Å². The molecule has 2 aromatic rings. The number of imidazole rings is 1. The highest BCUT2D eigenvalue weighted by Crippen LogP contribution is 2.06. The third-order valence-electron chi connectivity index (χ3n) is 3.27. The van der Waals surface area contributed by atoms with Gasteiger partial charge in [0, 0.05) is 6.54 Å². The number of aromatic amines is 1. The van der Waals surface area contributed by atoms with Crippen molar-refractivity contribution in [3.8, 4) is 0 Å². The normalized spacial score (nSPS) is 12.8. The van der Waals surface area contributed by atoms with Crippen LogP contribution < -0.4 is 16.6 Å². The predicted octanol–water partition coefficient (Wildman–Crippen LogP) is -0.625. The molecular weight excluding hydrogens is 304 g/mol. The van der Waals surface area contributed by atoms with Crippen LogP contribution in [0.3, 0.4) is 0 Å².